The van der Waals surface area contributed by atoms with E-state index in [9.17, 15) is 0 Å². The molecule has 0 bridgehead atoms. The van der Waals surface area contributed by atoms with Crippen LogP contribution >= 0.6 is 0 Å². The first-order valence-electron chi connectivity index (χ1n) is 11.1. The van der Waals surface area contributed by atoms with E-state index in [1.54, 1.807) is 11.0 Å². The Morgan fingerprint density at radius 3 is 2.65 bits per heavy atom. The van der Waals surface area contributed by atoms with Crippen LogP contribution < -0.4 is 15.4 Å². The fourth-order valence-electron chi connectivity index (χ4n) is 3.68. The minimum Gasteiger partial charge on any atom is -0.492 e. The maximum Gasteiger partial charge on any atom is 0.140 e. The van der Waals surface area contributed by atoms with Crippen molar-refractivity contribution in [2.75, 3.05) is 25.5 Å². The van der Waals surface area contributed by atoms with E-state index in [1.165, 1.54) is 0 Å². The van der Waals surface area contributed by atoms with Gasteiger partial charge in [-0.05, 0) is 24.2 Å². The number of rotatable bonds is 9. The zero-order chi connectivity index (χ0) is 23.3. The second kappa shape index (κ2) is 9.72. The van der Waals surface area contributed by atoms with Crippen molar-refractivity contribution in [2.24, 2.45) is 7.05 Å². The molecule has 4 heterocycles. The third-order valence-corrected chi connectivity index (χ3v) is 5.50. The Morgan fingerprint density at radius 2 is 1.85 bits per heavy atom. The molecule has 0 amide bonds. The zero-order valence-electron chi connectivity index (χ0n) is 19.1. The lowest BCUT2D eigenvalue weighted by Crippen LogP contribution is -2.15. The fourth-order valence-corrected chi connectivity index (χ4v) is 3.68. The summed E-state index contributed by atoms with van der Waals surface area (Å²) in [7, 11) is 3.82. The average Bonchev–Trinajstić information content (AvgIpc) is 3.49. The molecule has 2 N–H and O–H groups in total. The molecule has 4 aromatic heterocycles. The van der Waals surface area contributed by atoms with Gasteiger partial charge >= 0.3 is 0 Å². The second-order valence-corrected chi connectivity index (χ2v) is 7.93. The first-order chi connectivity index (χ1) is 16.7. The molecule has 5 rings (SSSR count). The van der Waals surface area contributed by atoms with Gasteiger partial charge in [0.1, 0.15) is 30.1 Å². The van der Waals surface area contributed by atoms with Crippen LogP contribution in [0.1, 0.15) is 5.56 Å². The number of hydrogen-bond donors (Lipinski definition) is 2. The van der Waals surface area contributed by atoms with Crippen LogP contribution in [0.2, 0.25) is 0 Å². The lowest BCUT2D eigenvalue weighted by atomic mass is 10.1. The van der Waals surface area contributed by atoms with Gasteiger partial charge in [-0.1, -0.05) is 24.3 Å². The molecule has 0 fully saturated rings. The van der Waals surface area contributed by atoms with Crippen LogP contribution in [-0.2, 0) is 13.6 Å². The molecule has 0 saturated carbocycles. The number of likely N-dealkylation sites (N-methyl/N-ethyl adjacent to an activating group) is 1. The van der Waals surface area contributed by atoms with Crippen LogP contribution in [0.3, 0.4) is 0 Å². The second-order valence-electron chi connectivity index (χ2n) is 7.93. The van der Waals surface area contributed by atoms with Crippen LogP contribution in [0.5, 0.6) is 5.75 Å². The molecule has 172 valence electrons. The summed E-state index contributed by atoms with van der Waals surface area (Å²) in [5.41, 5.74) is 5.90. The Bertz CT molecular complexity index is 1390. The monoisotopic (exact) mass is 454 g/mol. The van der Waals surface area contributed by atoms with Gasteiger partial charge in [0.25, 0.3) is 0 Å². The van der Waals surface area contributed by atoms with Gasteiger partial charge in [-0.25, -0.2) is 15.0 Å². The van der Waals surface area contributed by atoms with Gasteiger partial charge in [-0.15, -0.1) is 0 Å². The third-order valence-electron chi connectivity index (χ3n) is 5.50. The van der Waals surface area contributed by atoms with Crippen molar-refractivity contribution in [1.82, 2.24) is 34.4 Å². The molecule has 34 heavy (non-hydrogen) atoms. The number of hydrogen-bond acceptors (Lipinski definition) is 7. The standard InChI is InChI=1S/C25H26N8O/c1-26-8-10-34-21-7-9-33-23(15-28-25(33)11-21)22-12-24(30-17-29-22)27-13-18-3-5-19(6-4-18)20-14-31-32(2)16-20/h3-7,9,11-12,14-17,26H,8,10,13H2,1-2H3,(H,27,29,30). The van der Waals surface area contributed by atoms with Crippen LogP contribution in [0.25, 0.3) is 28.2 Å². The maximum atomic E-state index is 5.74. The van der Waals surface area contributed by atoms with Gasteiger partial charge in [0.2, 0.25) is 0 Å². The first-order valence-corrected chi connectivity index (χ1v) is 11.1. The molecule has 0 radical (unpaired) electrons. The van der Waals surface area contributed by atoms with Gasteiger partial charge in [-0.2, -0.15) is 5.10 Å². The Balaban J connectivity index is 1.28. The number of pyridine rings is 1. The lowest BCUT2D eigenvalue weighted by Gasteiger charge is -2.09. The number of benzene rings is 1. The van der Waals surface area contributed by atoms with E-state index in [-0.39, 0.29) is 0 Å². The highest BCUT2D eigenvalue weighted by atomic mass is 16.5. The van der Waals surface area contributed by atoms with E-state index in [4.69, 9.17) is 4.74 Å². The van der Waals surface area contributed by atoms with Gasteiger partial charge in [0.15, 0.2) is 0 Å². The van der Waals surface area contributed by atoms with Gasteiger partial charge in [-0.3, -0.25) is 9.08 Å². The van der Waals surface area contributed by atoms with Crippen LogP contribution in [0.4, 0.5) is 5.82 Å². The SMILES string of the molecule is CNCCOc1ccn2c(-c3cc(NCc4ccc(-c5cnn(C)c5)cc4)ncn3)cnc2c1. The Kier molecular flexibility index (Phi) is 6.17. The quantitative estimate of drug-likeness (QED) is 0.330. The highest BCUT2D eigenvalue weighted by molar-refractivity contribution is 5.64. The third kappa shape index (κ3) is 4.74. The summed E-state index contributed by atoms with van der Waals surface area (Å²) in [6.07, 6.45) is 9.21. The average molecular weight is 455 g/mol. The molecule has 0 aliphatic rings. The molecule has 5 aromatic rings. The molecule has 1 aromatic carbocycles. The molecule has 0 saturated heterocycles. The highest BCUT2D eigenvalue weighted by Crippen LogP contribution is 2.23. The fraction of sp³-hybridized carbons (Fsp3) is 0.200. The topological polar surface area (TPSA) is 94.2 Å². The number of anilines is 1. The number of fused-ring (bicyclic) bond motifs is 1. The smallest absolute Gasteiger partial charge is 0.140 e. The van der Waals surface area contributed by atoms with Crippen molar-refractivity contribution in [3.05, 3.63) is 79.1 Å². The van der Waals surface area contributed by atoms with Crippen LogP contribution in [0, 0.1) is 0 Å². The van der Waals surface area contributed by atoms with Gasteiger partial charge < -0.3 is 15.4 Å². The van der Waals surface area contributed by atoms with E-state index < -0.39 is 0 Å². The molecule has 0 unspecified atom stereocenters. The maximum absolute atomic E-state index is 5.74. The minimum atomic E-state index is 0.605. The van der Waals surface area contributed by atoms with E-state index >= 15 is 0 Å². The molecule has 9 nitrogen and oxygen atoms in total. The number of ether oxygens (including phenoxy) is 1. The van der Waals surface area contributed by atoms with Crippen molar-refractivity contribution in [3.8, 4) is 28.3 Å². The van der Waals surface area contributed by atoms with Crippen molar-refractivity contribution in [3.63, 3.8) is 0 Å². The largest absolute Gasteiger partial charge is 0.492 e. The summed E-state index contributed by atoms with van der Waals surface area (Å²) in [4.78, 5) is 13.4. The Labute approximate surface area is 197 Å². The highest BCUT2D eigenvalue weighted by Gasteiger charge is 2.10. The zero-order valence-corrected chi connectivity index (χ0v) is 19.1. The number of nitrogens with zero attached hydrogens (tertiary/aromatic N) is 6. The summed E-state index contributed by atoms with van der Waals surface area (Å²) in [6.45, 7) is 2.05. The number of aryl methyl sites for hydroxylation is 1. The molecular weight excluding hydrogens is 428 g/mol. The molecular formula is C25H26N8O. The van der Waals surface area contributed by atoms with Crippen molar-refractivity contribution >= 4 is 11.5 Å². The van der Waals surface area contributed by atoms with Crippen molar-refractivity contribution in [1.29, 1.82) is 0 Å². The Hall–Kier alpha value is -4.24. The lowest BCUT2D eigenvalue weighted by molar-refractivity contribution is 0.318. The Morgan fingerprint density at radius 1 is 0.971 bits per heavy atom. The minimum absolute atomic E-state index is 0.605. The summed E-state index contributed by atoms with van der Waals surface area (Å²) in [6, 6.07) is 14.2. The number of aromatic nitrogens is 6. The molecule has 0 aliphatic carbocycles. The number of nitrogens with one attached hydrogen (secondary N) is 2. The molecule has 0 spiro atoms. The molecule has 0 aliphatic heterocycles. The van der Waals surface area contributed by atoms with Crippen LogP contribution in [0.15, 0.2) is 73.6 Å². The van der Waals surface area contributed by atoms with E-state index in [2.05, 4.69) is 54.9 Å². The number of imidazole rings is 1. The van der Waals surface area contributed by atoms with E-state index in [1.807, 2.05) is 61.5 Å². The summed E-state index contributed by atoms with van der Waals surface area (Å²) in [5.74, 6) is 1.54. The first kappa shape index (κ1) is 21.6. The van der Waals surface area contributed by atoms with Crippen molar-refractivity contribution in [2.45, 2.75) is 6.54 Å². The van der Waals surface area contributed by atoms with Gasteiger partial charge in [0.05, 0.1) is 23.8 Å². The predicted molar refractivity (Wildman–Crippen MR) is 132 cm³/mol. The van der Waals surface area contributed by atoms with Crippen LogP contribution in [-0.4, -0.2) is 49.3 Å². The van der Waals surface area contributed by atoms with Gasteiger partial charge in [0, 0.05) is 50.2 Å². The normalized spacial score (nSPS) is 11.1. The summed E-state index contributed by atoms with van der Waals surface area (Å²) < 4.78 is 9.54. The summed E-state index contributed by atoms with van der Waals surface area (Å²) >= 11 is 0. The predicted octanol–water partition coefficient (Wildman–Crippen LogP) is 3.40. The molecule has 0 atom stereocenters. The van der Waals surface area contributed by atoms with E-state index in [0.717, 1.165) is 51.8 Å². The molecule has 9 heteroatoms. The summed E-state index contributed by atoms with van der Waals surface area (Å²) in [5, 5.41) is 10.7. The van der Waals surface area contributed by atoms with Crippen molar-refractivity contribution < 1.29 is 4.74 Å². The van der Waals surface area contributed by atoms with E-state index in [0.29, 0.717) is 13.2 Å².